The Kier molecular flexibility index (Phi) is 5.93. The number of ether oxygens (including phenoxy) is 2. The van der Waals surface area contributed by atoms with Gasteiger partial charge in [0, 0.05) is 7.05 Å². The molecule has 1 unspecified atom stereocenters. The van der Waals surface area contributed by atoms with Crippen LogP contribution in [0.3, 0.4) is 0 Å². The molecule has 18 heavy (non-hydrogen) atoms. The number of rotatable bonds is 5. The third-order valence-corrected chi connectivity index (χ3v) is 2.64. The molecule has 0 saturated heterocycles. The van der Waals surface area contributed by atoms with Crippen molar-refractivity contribution in [2.24, 2.45) is 5.73 Å². The molecule has 0 bridgehead atoms. The van der Waals surface area contributed by atoms with E-state index in [1.165, 1.54) is 0 Å². The van der Waals surface area contributed by atoms with Crippen molar-refractivity contribution in [3.8, 4) is 0 Å². The first-order valence-corrected chi connectivity index (χ1v) is 5.86. The van der Waals surface area contributed by atoms with E-state index in [0.29, 0.717) is 11.8 Å². The fraction of sp³-hybridized carbons (Fsp3) is 0.333. The van der Waals surface area contributed by atoms with Crippen molar-refractivity contribution < 1.29 is 14.3 Å². The third-order valence-electron chi connectivity index (χ3n) is 2.32. The van der Waals surface area contributed by atoms with Gasteiger partial charge in [-0.3, -0.25) is 0 Å². The van der Waals surface area contributed by atoms with Crippen LogP contribution in [0.1, 0.15) is 11.5 Å². The maximum atomic E-state index is 10.7. The van der Waals surface area contributed by atoms with Crippen LogP contribution in [-0.2, 0) is 9.47 Å². The number of primary amides is 1. The van der Waals surface area contributed by atoms with Gasteiger partial charge in [0.05, 0.1) is 5.92 Å². The summed E-state index contributed by atoms with van der Waals surface area (Å²) < 4.78 is 10.1. The van der Waals surface area contributed by atoms with Crippen molar-refractivity contribution in [3.05, 3.63) is 35.9 Å². The highest BCUT2D eigenvalue weighted by molar-refractivity contribution is 7.80. The van der Waals surface area contributed by atoms with Crippen LogP contribution in [0.5, 0.6) is 0 Å². The summed E-state index contributed by atoms with van der Waals surface area (Å²) in [5.41, 5.74) is 5.96. The average Bonchev–Trinajstić information content (AvgIpc) is 2.39. The summed E-state index contributed by atoms with van der Waals surface area (Å²) >= 11 is 4.89. The van der Waals surface area contributed by atoms with E-state index in [1.807, 2.05) is 30.3 Å². The number of amides is 1. The van der Waals surface area contributed by atoms with Crippen molar-refractivity contribution in [1.29, 1.82) is 0 Å². The molecular formula is C12H16N2O3S. The fourth-order valence-electron chi connectivity index (χ4n) is 1.40. The molecule has 1 rings (SSSR count). The number of hydrogen-bond donors (Lipinski definition) is 2. The lowest BCUT2D eigenvalue weighted by Gasteiger charge is -2.17. The maximum absolute atomic E-state index is 10.7. The van der Waals surface area contributed by atoms with Gasteiger partial charge in [0.15, 0.2) is 0 Å². The average molecular weight is 268 g/mol. The van der Waals surface area contributed by atoms with Crippen LogP contribution < -0.4 is 11.1 Å². The van der Waals surface area contributed by atoms with E-state index in [9.17, 15) is 4.79 Å². The molecule has 0 aliphatic carbocycles. The van der Waals surface area contributed by atoms with E-state index in [1.54, 1.807) is 7.05 Å². The normalized spacial score (nSPS) is 11.4. The Morgan fingerprint density at radius 2 is 1.94 bits per heavy atom. The highest BCUT2D eigenvalue weighted by Gasteiger charge is 2.14. The molecule has 1 atom stereocenters. The van der Waals surface area contributed by atoms with Gasteiger partial charge >= 0.3 is 6.09 Å². The summed E-state index contributed by atoms with van der Waals surface area (Å²) in [5.74, 6) is -0.106. The molecule has 0 aliphatic rings. The lowest BCUT2D eigenvalue weighted by molar-refractivity contribution is 0.135. The molecule has 0 fully saturated rings. The van der Waals surface area contributed by atoms with Crippen LogP contribution in [-0.4, -0.2) is 31.5 Å². The van der Waals surface area contributed by atoms with Gasteiger partial charge in [0.25, 0.3) is 5.17 Å². The van der Waals surface area contributed by atoms with Crippen LogP contribution in [0.25, 0.3) is 0 Å². The first-order valence-electron chi connectivity index (χ1n) is 5.45. The first kappa shape index (κ1) is 14.2. The molecule has 0 spiro atoms. The second kappa shape index (κ2) is 7.50. The van der Waals surface area contributed by atoms with Crippen LogP contribution in [0.15, 0.2) is 30.3 Å². The van der Waals surface area contributed by atoms with Crippen molar-refractivity contribution in [3.63, 3.8) is 0 Å². The SMILES string of the molecule is CNC(=S)OCC(COC(N)=O)c1ccccc1. The number of carbonyl (C=O) groups is 1. The zero-order chi connectivity index (χ0) is 13.4. The third kappa shape index (κ3) is 5.01. The van der Waals surface area contributed by atoms with E-state index in [2.05, 4.69) is 5.32 Å². The van der Waals surface area contributed by atoms with Crippen LogP contribution >= 0.6 is 12.2 Å². The number of carbonyl (C=O) groups excluding carboxylic acids is 1. The highest BCUT2D eigenvalue weighted by Crippen LogP contribution is 2.16. The smallest absolute Gasteiger partial charge is 0.404 e. The molecule has 1 aromatic rings. The Morgan fingerprint density at radius 3 is 2.50 bits per heavy atom. The second-order valence-corrected chi connectivity index (χ2v) is 3.96. The van der Waals surface area contributed by atoms with Gasteiger partial charge in [-0.25, -0.2) is 4.79 Å². The molecule has 0 radical (unpaired) electrons. The van der Waals surface area contributed by atoms with E-state index in [-0.39, 0.29) is 12.5 Å². The molecule has 1 amide bonds. The minimum Gasteiger partial charge on any atom is -0.470 e. The predicted octanol–water partition coefficient (Wildman–Crippen LogP) is 1.39. The number of thiocarbonyl (C=S) groups is 1. The number of benzene rings is 1. The van der Waals surface area contributed by atoms with Gasteiger partial charge in [-0.1, -0.05) is 30.3 Å². The molecule has 6 heteroatoms. The van der Waals surface area contributed by atoms with E-state index in [0.717, 1.165) is 5.56 Å². The lowest BCUT2D eigenvalue weighted by Crippen LogP contribution is -2.25. The monoisotopic (exact) mass is 268 g/mol. The zero-order valence-electron chi connectivity index (χ0n) is 10.1. The Balaban J connectivity index is 2.63. The Labute approximate surface area is 111 Å². The quantitative estimate of drug-likeness (QED) is 0.789. The van der Waals surface area contributed by atoms with E-state index >= 15 is 0 Å². The summed E-state index contributed by atoms with van der Waals surface area (Å²) in [7, 11) is 1.68. The topological polar surface area (TPSA) is 73.6 Å². The Hall–Kier alpha value is -1.82. The van der Waals surface area contributed by atoms with E-state index in [4.69, 9.17) is 27.4 Å². The fourth-order valence-corrected chi connectivity index (χ4v) is 1.46. The summed E-state index contributed by atoms with van der Waals surface area (Å²) in [6.45, 7) is 0.475. The second-order valence-electron chi connectivity index (χ2n) is 3.59. The van der Waals surface area contributed by atoms with Crippen LogP contribution in [0.2, 0.25) is 0 Å². The molecular weight excluding hydrogens is 252 g/mol. The predicted molar refractivity (Wildman–Crippen MR) is 72.3 cm³/mol. The Bertz CT molecular complexity index is 398. The van der Waals surface area contributed by atoms with Gasteiger partial charge in [0.2, 0.25) is 0 Å². The number of hydrogen-bond acceptors (Lipinski definition) is 4. The molecule has 0 saturated carbocycles. The minimum atomic E-state index is -0.799. The Morgan fingerprint density at radius 1 is 1.33 bits per heavy atom. The van der Waals surface area contributed by atoms with Crippen molar-refractivity contribution >= 4 is 23.5 Å². The molecule has 98 valence electrons. The van der Waals surface area contributed by atoms with Gasteiger partial charge in [-0.15, -0.1) is 0 Å². The van der Waals surface area contributed by atoms with Crippen molar-refractivity contribution in [2.45, 2.75) is 5.92 Å². The lowest BCUT2D eigenvalue weighted by atomic mass is 10.0. The van der Waals surface area contributed by atoms with Gasteiger partial charge < -0.3 is 20.5 Å². The summed E-state index contributed by atoms with van der Waals surface area (Å²) in [4.78, 5) is 10.7. The minimum absolute atomic E-state index is 0.106. The molecule has 3 N–H and O–H groups in total. The number of nitrogens with two attached hydrogens (primary N) is 1. The molecule has 5 nitrogen and oxygen atoms in total. The van der Waals surface area contributed by atoms with Crippen molar-refractivity contribution in [2.75, 3.05) is 20.3 Å². The largest absolute Gasteiger partial charge is 0.470 e. The van der Waals surface area contributed by atoms with E-state index < -0.39 is 6.09 Å². The first-order chi connectivity index (χ1) is 8.63. The summed E-state index contributed by atoms with van der Waals surface area (Å²) in [5, 5.41) is 3.01. The van der Waals surface area contributed by atoms with Gasteiger partial charge in [0.1, 0.15) is 13.2 Å². The van der Waals surface area contributed by atoms with Crippen LogP contribution in [0.4, 0.5) is 4.79 Å². The van der Waals surface area contributed by atoms with Crippen molar-refractivity contribution in [1.82, 2.24) is 5.32 Å². The summed E-state index contributed by atoms with van der Waals surface area (Å²) in [6.07, 6.45) is -0.799. The number of nitrogens with one attached hydrogen (secondary N) is 1. The molecule has 0 heterocycles. The molecule has 0 aliphatic heterocycles. The summed E-state index contributed by atoms with van der Waals surface area (Å²) in [6, 6.07) is 9.59. The van der Waals surface area contributed by atoms with Gasteiger partial charge in [-0.2, -0.15) is 0 Å². The molecule has 0 aromatic heterocycles. The van der Waals surface area contributed by atoms with Gasteiger partial charge in [-0.05, 0) is 17.8 Å². The maximum Gasteiger partial charge on any atom is 0.404 e. The standard InChI is InChI=1S/C12H16N2O3S/c1-14-12(18)17-8-10(7-16-11(13)15)9-5-3-2-4-6-9/h2-6,10H,7-8H2,1H3,(H2,13,15)(H,14,18). The molecule has 1 aromatic carbocycles. The zero-order valence-corrected chi connectivity index (χ0v) is 10.9. The highest BCUT2D eigenvalue weighted by atomic mass is 32.1. The van der Waals surface area contributed by atoms with Crippen LogP contribution in [0, 0.1) is 0 Å².